The van der Waals surface area contributed by atoms with Crippen LogP contribution in [0.2, 0.25) is 0 Å². The Balaban J connectivity index is 1.40. The molecule has 0 bridgehead atoms. The van der Waals surface area contributed by atoms with Gasteiger partial charge in [0.05, 0.1) is 6.04 Å². The van der Waals surface area contributed by atoms with Gasteiger partial charge in [0.2, 0.25) is 5.91 Å². The number of carbonyl (C=O) groups is 1. The summed E-state index contributed by atoms with van der Waals surface area (Å²) in [6, 6.07) is 10.1. The van der Waals surface area contributed by atoms with Crippen molar-refractivity contribution < 1.29 is 4.79 Å². The van der Waals surface area contributed by atoms with E-state index in [0.717, 1.165) is 31.7 Å². The van der Waals surface area contributed by atoms with Crippen LogP contribution in [0.25, 0.3) is 0 Å². The summed E-state index contributed by atoms with van der Waals surface area (Å²) in [4.78, 5) is 18.7. The molecule has 2 aromatic rings. The van der Waals surface area contributed by atoms with E-state index in [0.29, 0.717) is 12.3 Å². The summed E-state index contributed by atoms with van der Waals surface area (Å²) < 4.78 is 1.91. The Bertz CT molecular complexity index is 643. The van der Waals surface area contributed by atoms with Crippen LogP contribution >= 0.6 is 0 Å². The predicted octanol–water partition coefficient (Wildman–Crippen LogP) is 2.26. The minimum Gasteiger partial charge on any atom is -0.350 e. The highest BCUT2D eigenvalue weighted by Gasteiger charge is 2.21. The minimum atomic E-state index is 0.0510. The Labute approximate surface area is 149 Å². The number of carbonyl (C=O) groups excluding carboxylic acids is 1. The van der Waals surface area contributed by atoms with Crippen molar-refractivity contribution in [2.45, 2.75) is 38.8 Å². The number of rotatable bonds is 7. The molecule has 1 N–H and O–H groups in total. The van der Waals surface area contributed by atoms with Gasteiger partial charge in [0.15, 0.2) is 0 Å². The second-order valence-corrected chi connectivity index (χ2v) is 6.88. The second kappa shape index (κ2) is 8.76. The zero-order valence-electron chi connectivity index (χ0n) is 14.8. The van der Waals surface area contributed by atoms with E-state index in [1.165, 1.54) is 12.8 Å². The van der Waals surface area contributed by atoms with E-state index < -0.39 is 0 Å². The average molecular weight is 341 g/mol. The summed E-state index contributed by atoms with van der Waals surface area (Å²) in [5.74, 6) is 0.705. The SMILES string of the molecule is C[C@@H](NC(=O)CCN1CCC[C@H](Cn2cncn2)C1)c1ccccc1. The molecule has 0 saturated carbocycles. The van der Waals surface area contributed by atoms with Gasteiger partial charge in [0, 0.05) is 26.1 Å². The van der Waals surface area contributed by atoms with Gasteiger partial charge in [0.25, 0.3) is 0 Å². The van der Waals surface area contributed by atoms with Gasteiger partial charge < -0.3 is 10.2 Å². The molecular formula is C19H27N5O. The third kappa shape index (κ3) is 5.39. The Morgan fingerprint density at radius 1 is 1.36 bits per heavy atom. The van der Waals surface area contributed by atoms with Crippen molar-refractivity contribution in [3.05, 3.63) is 48.5 Å². The van der Waals surface area contributed by atoms with Crippen molar-refractivity contribution in [3.63, 3.8) is 0 Å². The summed E-state index contributed by atoms with van der Waals surface area (Å²) in [5.41, 5.74) is 1.14. The number of aromatic nitrogens is 3. The van der Waals surface area contributed by atoms with E-state index in [4.69, 9.17) is 0 Å². The standard InChI is InChI=1S/C19H27N5O/c1-16(18-7-3-2-4-8-18)22-19(25)9-11-23-10-5-6-17(12-23)13-24-15-20-14-21-24/h2-4,7-8,14-17H,5-6,9-13H2,1H3,(H,22,25)/t16-,17+/m1/s1. The number of nitrogens with zero attached hydrogens (tertiary/aromatic N) is 4. The fraction of sp³-hybridized carbons (Fsp3) is 0.526. The van der Waals surface area contributed by atoms with Gasteiger partial charge in [-0.3, -0.25) is 9.48 Å². The molecule has 1 saturated heterocycles. The lowest BCUT2D eigenvalue weighted by molar-refractivity contribution is -0.122. The Hall–Kier alpha value is -2.21. The molecule has 0 radical (unpaired) electrons. The molecule has 3 rings (SSSR count). The maximum atomic E-state index is 12.2. The first-order chi connectivity index (χ1) is 12.2. The smallest absolute Gasteiger partial charge is 0.221 e. The van der Waals surface area contributed by atoms with Gasteiger partial charge in [-0.2, -0.15) is 5.10 Å². The molecule has 25 heavy (non-hydrogen) atoms. The van der Waals surface area contributed by atoms with Crippen LogP contribution < -0.4 is 5.32 Å². The number of amides is 1. The monoisotopic (exact) mass is 341 g/mol. The molecule has 1 aliphatic heterocycles. The van der Waals surface area contributed by atoms with Crippen molar-refractivity contribution in [2.24, 2.45) is 5.92 Å². The van der Waals surface area contributed by atoms with Gasteiger partial charge in [-0.1, -0.05) is 30.3 Å². The number of hydrogen-bond acceptors (Lipinski definition) is 4. The zero-order chi connectivity index (χ0) is 17.5. The Morgan fingerprint density at radius 3 is 2.96 bits per heavy atom. The Kier molecular flexibility index (Phi) is 6.17. The number of likely N-dealkylation sites (tertiary alicyclic amines) is 1. The molecular weight excluding hydrogens is 314 g/mol. The van der Waals surface area contributed by atoms with E-state index in [-0.39, 0.29) is 11.9 Å². The van der Waals surface area contributed by atoms with Crippen LogP contribution in [0, 0.1) is 5.92 Å². The molecule has 1 aliphatic rings. The normalized spacial score (nSPS) is 19.5. The molecule has 1 aromatic carbocycles. The first-order valence-corrected chi connectivity index (χ1v) is 9.10. The maximum absolute atomic E-state index is 12.2. The molecule has 2 heterocycles. The first kappa shape index (κ1) is 17.6. The van der Waals surface area contributed by atoms with Gasteiger partial charge in [-0.15, -0.1) is 0 Å². The van der Waals surface area contributed by atoms with Gasteiger partial charge in [-0.05, 0) is 37.8 Å². The van der Waals surface area contributed by atoms with Crippen LogP contribution in [0.15, 0.2) is 43.0 Å². The lowest BCUT2D eigenvalue weighted by Crippen LogP contribution is -2.39. The highest BCUT2D eigenvalue weighted by molar-refractivity contribution is 5.76. The largest absolute Gasteiger partial charge is 0.350 e. The summed E-state index contributed by atoms with van der Waals surface area (Å²) in [5, 5.41) is 7.29. The van der Waals surface area contributed by atoms with E-state index >= 15 is 0 Å². The summed E-state index contributed by atoms with van der Waals surface area (Å²) in [7, 11) is 0. The maximum Gasteiger partial charge on any atom is 0.221 e. The third-order valence-corrected chi connectivity index (χ3v) is 4.85. The first-order valence-electron chi connectivity index (χ1n) is 9.10. The molecule has 1 aromatic heterocycles. The molecule has 6 nitrogen and oxygen atoms in total. The summed E-state index contributed by atoms with van der Waals surface area (Å²) >= 11 is 0. The van der Waals surface area contributed by atoms with Crippen molar-refractivity contribution in [2.75, 3.05) is 19.6 Å². The van der Waals surface area contributed by atoms with Crippen LogP contribution in [0.1, 0.15) is 37.8 Å². The molecule has 0 spiro atoms. The second-order valence-electron chi connectivity index (χ2n) is 6.88. The van der Waals surface area contributed by atoms with Crippen LogP contribution in [0.4, 0.5) is 0 Å². The molecule has 134 valence electrons. The quantitative estimate of drug-likeness (QED) is 0.839. The van der Waals surface area contributed by atoms with E-state index in [1.807, 2.05) is 41.9 Å². The summed E-state index contributed by atoms with van der Waals surface area (Å²) in [6.45, 7) is 5.87. The molecule has 1 amide bonds. The number of nitrogens with one attached hydrogen (secondary N) is 1. The fourth-order valence-corrected chi connectivity index (χ4v) is 3.49. The van der Waals surface area contributed by atoms with E-state index in [1.54, 1.807) is 12.7 Å². The van der Waals surface area contributed by atoms with Crippen LogP contribution in [-0.4, -0.2) is 45.2 Å². The molecule has 0 unspecified atom stereocenters. The fourth-order valence-electron chi connectivity index (χ4n) is 3.49. The molecule has 2 atom stereocenters. The molecule has 0 aliphatic carbocycles. The van der Waals surface area contributed by atoms with Crippen LogP contribution in [0.3, 0.4) is 0 Å². The highest BCUT2D eigenvalue weighted by atomic mass is 16.1. The van der Waals surface area contributed by atoms with E-state index in [2.05, 4.69) is 20.3 Å². The van der Waals surface area contributed by atoms with Gasteiger partial charge in [0.1, 0.15) is 12.7 Å². The highest BCUT2D eigenvalue weighted by Crippen LogP contribution is 2.18. The zero-order valence-corrected chi connectivity index (χ0v) is 14.8. The lowest BCUT2D eigenvalue weighted by atomic mass is 9.98. The van der Waals surface area contributed by atoms with Crippen molar-refractivity contribution >= 4 is 5.91 Å². The van der Waals surface area contributed by atoms with Gasteiger partial charge >= 0.3 is 0 Å². The van der Waals surface area contributed by atoms with Crippen molar-refractivity contribution in [1.29, 1.82) is 0 Å². The van der Waals surface area contributed by atoms with Crippen LogP contribution in [-0.2, 0) is 11.3 Å². The molecule has 1 fully saturated rings. The van der Waals surface area contributed by atoms with Crippen LogP contribution in [0.5, 0.6) is 0 Å². The number of hydrogen-bond donors (Lipinski definition) is 1. The van der Waals surface area contributed by atoms with Gasteiger partial charge in [-0.25, -0.2) is 4.98 Å². The average Bonchev–Trinajstić information content (AvgIpc) is 3.14. The lowest BCUT2D eigenvalue weighted by Gasteiger charge is -2.32. The minimum absolute atomic E-state index is 0.0510. The predicted molar refractivity (Wildman–Crippen MR) is 96.8 cm³/mol. The summed E-state index contributed by atoms with van der Waals surface area (Å²) in [6.07, 6.45) is 6.30. The molecule has 6 heteroatoms. The Morgan fingerprint density at radius 2 is 2.20 bits per heavy atom. The number of piperidine rings is 1. The van der Waals surface area contributed by atoms with Crippen molar-refractivity contribution in [1.82, 2.24) is 25.0 Å². The van der Waals surface area contributed by atoms with Crippen molar-refractivity contribution in [3.8, 4) is 0 Å². The number of benzene rings is 1. The topological polar surface area (TPSA) is 63.1 Å². The van der Waals surface area contributed by atoms with E-state index in [9.17, 15) is 4.79 Å². The third-order valence-electron chi connectivity index (χ3n) is 4.85.